The maximum absolute atomic E-state index is 12.6. The summed E-state index contributed by atoms with van der Waals surface area (Å²) in [5.41, 5.74) is 2.43. The topological polar surface area (TPSA) is 72.5 Å². The van der Waals surface area contributed by atoms with Crippen molar-refractivity contribution >= 4 is 21.5 Å². The summed E-state index contributed by atoms with van der Waals surface area (Å²) in [5, 5.41) is 3.09. The van der Waals surface area contributed by atoms with Gasteiger partial charge in [0.15, 0.2) is 0 Å². The van der Waals surface area contributed by atoms with Gasteiger partial charge in [-0.05, 0) is 24.1 Å². The molecule has 1 aliphatic rings. The van der Waals surface area contributed by atoms with Crippen molar-refractivity contribution in [2.75, 3.05) is 10.2 Å². The van der Waals surface area contributed by atoms with Crippen LogP contribution in [-0.4, -0.2) is 18.0 Å². The van der Waals surface area contributed by atoms with Gasteiger partial charge in [-0.3, -0.25) is 0 Å². The van der Waals surface area contributed by atoms with E-state index in [9.17, 15) is 13.0 Å². The fourth-order valence-corrected chi connectivity index (χ4v) is 5.17. The van der Waals surface area contributed by atoms with Crippen LogP contribution in [0.2, 0.25) is 0 Å². The van der Waals surface area contributed by atoms with Crippen LogP contribution < -0.4 is 39.8 Å². The van der Waals surface area contributed by atoms with Crippen LogP contribution in [0.15, 0.2) is 54.6 Å². The Morgan fingerprint density at radius 1 is 0.900 bits per heavy atom. The molecule has 2 aromatic carbocycles. The summed E-state index contributed by atoms with van der Waals surface area (Å²) in [4.78, 5) is 0.104. The van der Waals surface area contributed by atoms with E-state index in [2.05, 4.69) is 12.2 Å². The first-order valence-electron chi connectivity index (χ1n) is 10.6. The Hall–Kier alpha value is -1.05. The van der Waals surface area contributed by atoms with E-state index in [1.165, 1.54) is 19.3 Å². The van der Waals surface area contributed by atoms with Crippen LogP contribution >= 0.6 is 0 Å². The Morgan fingerprint density at radius 3 is 2.17 bits per heavy atom. The zero-order chi connectivity index (χ0) is 20.7. The molecule has 1 aliphatic heterocycles. The van der Waals surface area contributed by atoms with E-state index >= 15 is 0 Å². The Morgan fingerprint density at radius 2 is 1.50 bits per heavy atom. The minimum atomic E-state index is -4.64. The molecule has 1 unspecified atom stereocenters. The molecule has 0 aliphatic carbocycles. The van der Waals surface area contributed by atoms with Gasteiger partial charge in [0.25, 0.3) is 0 Å². The zero-order valence-electron chi connectivity index (χ0n) is 18.1. The van der Waals surface area contributed by atoms with Crippen molar-refractivity contribution in [2.24, 2.45) is 0 Å². The molecule has 0 spiro atoms. The summed E-state index contributed by atoms with van der Waals surface area (Å²) in [6.07, 6.45) is 7.78. The summed E-state index contributed by atoms with van der Waals surface area (Å²) in [6.45, 7) is 2.55. The summed E-state index contributed by atoms with van der Waals surface area (Å²) < 4.78 is 37.7. The molecule has 0 saturated carbocycles. The van der Waals surface area contributed by atoms with Gasteiger partial charge in [-0.25, -0.2) is 8.42 Å². The fourth-order valence-electron chi connectivity index (χ4n) is 4.11. The van der Waals surface area contributed by atoms with Crippen LogP contribution in [0.3, 0.4) is 0 Å². The van der Waals surface area contributed by atoms with Gasteiger partial charge in [-0.15, -0.1) is 0 Å². The molecule has 0 radical (unpaired) electrons. The van der Waals surface area contributed by atoms with Gasteiger partial charge in [-0.1, -0.05) is 87.9 Å². The molecule has 5 nitrogen and oxygen atoms in total. The van der Waals surface area contributed by atoms with Gasteiger partial charge >= 0.3 is 29.6 Å². The zero-order valence-corrected chi connectivity index (χ0v) is 21.0. The maximum atomic E-state index is 12.6. The van der Waals surface area contributed by atoms with Gasteiger partial charge in [0.05, 0.1) is 11.4 Å². The number of anilines is 2. The first-order valence-corrected chi connectivity index (χ1v) is 12.0. The molecule has 7 heteroatoms. The number of hydrogen-bond acceptors (Lipinski definition) is 5. The van der Waals surface area contributed by atoms with Gasteiger partial charge in [0, 0.05) is 13.0 Å². The van der Waals surface area contributed by atoms with E-state index in [0.29, 0.717) is 18.7 Å². The SMILES string of the molecule is CCCCCCCCCC1(S(=O)(=O)[O-])Nc2ccccc2N1Cc1ccccc1.[Na+]. The summed E-state index contributed by atoms with van der Waals surface area (Å²) >= 11 is 0. The Labute approximate surface area is 203 Å². The number of fused-ring (bicyclic) bond motifs is 1. The molecule has 158 valence electrons. The molecule has 3 rings (SSSR count). The number of nitrogens with one attached hydrogen (secondary N) is 1. The largest absolute Gasteiger partial charge is 1.00 e. The first kappa shape index (κ1) is 25.2. The average molecular weight is 439 g/mol. The molecule has 1 N–H and O–H groups in total. The van der Waals surface area contributed by atoms with E-state index < -0.39 is 15.1 Å². The fraction of sp³-hybridized carbons (Fsp3) is 0.478. The Kier molecular flexibility index (Phi) is 9.69. The van der Waals surface area contributed by atoms with Crippen molar-refractivity contribution in [1.82, 2.24) is 0 Å². The second-order valence-electron chi connectivity index (χ2n) is 7.82. The quantitative estimate of drug-likeness (QED) is 0.332. The summed E-state index contributed by atoms with van der Waals surface area (Å²) in [5.74, 6) is 0. The normalized spacial score (nSPS) is 17.9. The minimum Gasteiger partial charge on any atom is -0.745 e. The monoisotopic (exact) mass is 438 g/mol. The number of rotatable bonds is 11. The van der Waals surface area contributed by atoms with Crippen LogP contribution in [-0.2, 0) is 16.7 Å². The van der Waals surface area contributed by atoms with Gasteiger partial charge in [-0.2, -0.15) is 0 Å². The first-order chi connectivity index (χ1) is 14.0. The predicted molar refractivity (Wildman–Crippen MR) is 118 cm³/mol. The molecule has 0 amide bonds. The third kappa shape index (κ3) is 5.80. The Balaban J connectivity index is 0.00000320. The van der Waals surface area contributed by atoms with Crippen LogP contribution in [0, 0.1) is 0 Å². The van der Waals surface area contributed by atoms with Gasteiger partial charge in [0.1, 0.15) is 10.1 Å². The molecule has 0 saturated heterocycles. The maximum Gasteiger partial charge on any atom is 1.00 e. The van der Waals surface area contributed by atoms with E-state index in [-0.39, 0.29) is 36.0 Å². The van der Waals surface area contributed by atoms with Crippen molar-refractivity contribution in [2.45, 2.75) is 69.8 Å². The molecule has 0 fully saturated rings. The number of benzene rings is 2. The van der Waals surface area contributed by atoms with E-state index in [0.717, 1.165) is 30.5 Å². The van der Waals surface area contributed by atoms with Crippen molar-refractivity contribution in [3.8, 4) is 0 Å². The number of unbranched alkanes of at least 4 members (excludes halogenated alkanes) is 6. The molecule has 0 aromatic heterocycles. The molecular weight excluding hydrogens is 407 g/mol. The van der Waals surface area contributed by atoms with E-state index in [4.69, 9.17) is 0 Å². The molecule has 1 heterocycles. The third-order valence-corrected chi connectivity index (χ3v) is 7.03. The van der Waals surface area contributed by atoms with E-state index in [1.54, 1.807) is 4.90 Å². The summed E-state index contributed by atoms with van der Waals surface area (Å²) in [7, 11) is -4.64. The van der Waals surface area contributed by atoms with Gasteiger partial charge in [0.2, 0.25) is 4.99 Å². The predicted octanol–water partition coefficient (Wildman–Crippen LogP) is 2.46. The van der Waals surface area contributed by atoms with Crippen LogP contribution in [0.5, 0.6) is 0 Å². The number of hydrogen-bond donors (Lipinski definition) is 1. The third-order valence-electron chi connectivity index (χ3n) is 5.68. The minimum absolute atomic E-state index is 0. The average Bonchev–Trinajstić information content (AvgIpc) is 3.03. The van der Waals surface area contributed by atoms with Crippen LogP contribution in [0.1, 0.15) is 63.9 Å². The van der Waals surface area contributed by atoms with Crippen molar-refractivity contribution in [1.29, 1.82) is 0 Å². The second kappa shape index (κ2) is 11.5. The van der Waals surface area contributed by atoms with Crippen molar-refractivity contribution in [3.63, 3.8) is 0 Å². The summed E-state index contributed by atoms with van der Waals surface area (Å²) in [6, 6.07) is 17.1. The number of nitrogens with zero attached hydrogens (tertiary/aromatic N) is 1. The standard InChI is InChI=1S/C23H32N2O3S.Na/c1-2-3-4-5-6-7-13-18-23(29(26,27)28)24-21-16-11-12-17-22(21)25(23)19-20-14-9-8-10-15-20;/h8-12,14-17,24H,2-7,13,18-19H2,1H3,(H,26,27,28);/q;+1/p-1. The molecule has 30 heavy (non-hydrogen) atoms. The second-order valence-corrected chi connectivity index (χ2v) is 9.41. The molecular formula is C23H31N2NaO3S. The molecule has 0 bridgehead atoms. The van der Waals surface area contributed by atoms with E-state index in [1.807, 2.05) is 54.6 Å². The molecule has 2 aromatic rings. The van der Waals surface area contributed by atoms with Crippen LogP contribution in [0.4, 0.5) is 11.4 Å². The Bertz CT molecular complexity index is 892. The van der Waals surface area contributed by atoms with Crippen molar-refractivity contribution in [3.05, 3.63) is 60.2 Å². The van der Waals surface area contributed by atoms with Crippen LogP contribution in [0.25, 0.3) is 0 Å². The van der Waals surface area contributed by atoms with Crippen molar-refractivity contribution < 1.29 is 42.5 Å². The van der Waals surface area contributed by atoms with Gasteiger partial charge < -0.3 is 14.8 Å². The number of para-hydroxylation sites is 2. The smallest absolute Gasteiger partial charge is 0.745 e. The molecule has 1 atom stereocenters.